The summed E-state index contributed by atoms with van der Waals surface area (Å²) in [4.78, 5) is 11.6. The van der Waals surface area contributed by atoms with Crippen LogP contribution in [0.2, 0.25) is 0 Å². The summed E-state index contributed by atoms with van der Waals surface area (Å²) in [5, 5.41) is 0. The van der Waals surface area contributed by atoms with E-state index in [-0.39, 0.29) is 26.5 Å². The van der Waals surface area contributed by atoms with E-state index in [1.165, 1.54) is 27.8 Å². The van der Waals surface area contributed by atoms with Gasteiger partial charge in [-0.2, -0.15) is 30.3 Å². The van der Waals surface area contributed by atoms with E-state index in [0.717, 1.165) is 45.2 Å². The van der Waals surface area contributed by atoms with Crippen LogP contribution in [0.5, 0.6) is 0 Å². The molecule has 4 heteroatoms. The maximum absolute atomic E-state index is 6.01. The van der Waals surface area contributed by atoms with Crippen LogP contribution in [0.1, 0.15) is 71.2 Å². The molecule has 1 aliphatic carbocycles. The monoisotopic (exact) mass is 890 g/mol. The Morgan fingerprint density at radius 2 is 1.09 bits per heavy atom. The smallest absolute Gasteiger partial charge is 0.373 e. The molecule has 270 valence electrons. The zero-order chi connectivity index (χ0) is 36.9. The number of aryl methyl sites for hydroxylation is 1. The number of aromatic nitrogens is 3. The average molecular weight is 891 g/mol. The van der Waals surface area contributed by atoms with E-state index in [4.69, 9.17) is 9.97 Å². The Morgan fingerprint density at radius 1 is 0.545 bits per heavy atom. The van der Waals surface area contributed by atoms with E-state index in [2.05, 4.69) is 190 Å². The van der Waals surface area contributed by atoms with E-state index in [0.29, 0.717) is 0 Å². The van der Waals surface area contributed by atoms with Gasteiger partial charge in [-0.25, -0.2) is 0 Å². The van der Waals surface area contributed by atoms with Crippen molar-refractivity contribution >= 4 is 0 Å². The number of fused-ring (bicyclic) bond motifs is 3. The van der Waals surface area contributed by atoms with Gasteiger partial charge in [-0.1, -0.05) is 130 Å². The number of benzene rings is 6. The van der Waals surface area contributed by atoms with Crippen LogP contribution >= 0.6 is 0 Å². The van der Waals surface area contributed by atoms with E-state index in [1.807, 2.05) is 30.3 Å². The summed E-state index contributed by atoms with van der Waals surface area (Å²) < 4.78 is 2.14. The Hall–Kier alpha value is -5.63. The van der Waals surface area contributed by atoms with Gasteiger partial charge in [-0.05, 0) is 56.5 Å². The maximum Gasteiger partial charge on any atom is 2.00 e. The van der Waals surface area contributed by atoms with Gasteiger partial charge in [0.2, 0.25) is 0 Å². The third-order valence-electron chi connectivity index (χ3n) is 11.1. The maximum atomic E-state index is 6.01. The minimum Gasteiger partial charge on any atom is -0.373 e. The Balaban J connectivity index is 0.00000427. The summed E-state index contributed by atoms with van der Waals surface area (Å²) in [6, 6.07) is 67.5. The van der Waals surface area contributed by atoms with E-state index in [9.17, 15) is 0 Å². The van der Waals surface area contributed by atoms with Crippen molar-refractivity contribution in [2.45, 2.75) is 37.0 Å². The van der Waals surface area contributed by atoms with Crippen LogP contribution in [0.3, 0.4) is 0 Å². The topological polar surface area (TPSA) is 30.7 Å². The Morgan fingerprint density at radius 3 is 1.64 bits per heavy atom. The minimum atomic E-state index is -0.826. The van der Waals surface area contributed by atoms with Crippen molar-refractivity contribution in [3.05, 3.63) is 239 Å². The van der Waals surface area contributed by atoms with Crippen molar-refractivity contribution in [1.82, 2.24) is 14.5 Å². The molecule has 0 fully saturated rings. The number of hydrogen-bond donors (Lipinski definition) is 0. The number of hydrogen-bond acceptors (Lipinski definition) is 2. The van der Waals surface area contributed by atoms with Crippen LogP contribution in [0, 0.1) is 12.1 Å². The standard InChI is InChI=1S/C51H41N3.Pt/c1-49(2,3)40-33-45(50(37-23-11-6-12-24-37,38-25-13-7-14-26-38)39-27-15-8-16-28-39)52-46(34-40)51(47-35-54(4)48(53-47)36-21-9-5-10-22-36)43-31-19-17-29-41(43)42-30-18-20-32-44(42)51;/h5-21,23-27,29-35H,1-4H3;/q-2;+2. The van der Waals surface area contributed by atoms with Crippen molar-refractivity contribution < 1.29 is 21.1 Å². The molecule has 0 unspecified atom stereocenters. The molecule has 0 saturated heterocycles. The SMILES string of the molecule is Cn1cc(C2(c3cc(C(C)(C)C)cc(C(c4[c-]cccc4)(c4ccccc4)c4ccccc4)n3)c3ccccc3-c3ccccc32)nc1-c1[c-]cccc1.[Pt+2]. The summed E-state index contributed by atoms with van der Waals surface area (Å²) in [6.45, 7) is 6.89. The van der Waals surface area contributed by atoms with Gasteiger partial charge in [-0.15, -0.1) is 41.5 Å². The van der Waals surface area contributed by atoms with Crippen LogP contribution in [0.25, 0.3) is 22.5 Å². The van der Waals surface area contributed by atoms with Gasteiger partial charge in [-0.3, -0.25) is 9.97 Å². The molecular weight excluding hydrogens is 850 g/mol. The quantitative estimate of drug-likeness (QED) is 0.118. The van der Waals surface area contributed by atoms with Gasteiger partial charge in [0.15, 0.2) is 0 Å². The second-order valence-electron chi connectivity index (χ2n) is 15.3. The molecule has 9 rings (SSSR count). The van der Waals surface area contributed by atoms with Gasteiger partial charge < -0.3 is 4.57 Å². The van der Waals surface area contributed by atoms with Crippen molar-refractivity contribution in [1.29, 1.82) is 0 Å². The van der Waals surface area contributed by atoms with Crippen molar-refractivity contribution in [3.8, 4) is 22.5 Å². The summed E-state index contributed by atoms with van der Waals surface area (Å²) in [5.74, 6) is 0.862. The zero-order valence-electron chi connectivity index (χ0n) is 31.4. The van der Waals surface area contributed by atoms with E-state index in [1.54, 1.807) is 0 Å². The molecule has 6 aromatic carbocycles. The molecule has 0 saturated carbocycles. The Kier molecular flexibility index (Phi) is 9.40. The zero-order valence-corrected chi connectivity index (χ0v) is 33.7. The molecule has 0 spiro atoms. The fraction of sp³-hybridized carbons (Fsp3) is 0.137. The number of nitrogens with zero attached hydrogens (tertiary/aromatic N) is 3. The number of rotatable bonds is 7. The first-order chi connectivity index (χ1) is 26.3. The molecule has 1 aliphatic rings. The molecule has 0 bridgehead atoms. The second-order valence-corrected chi connectivity index (χ2v) is 15.3. The molecule has 0 atom stereocenters. The molecule has 0 N–H and O–H groups in total. The summed E-state index contributed by atoms with van der Waals surface area (Å²) in [6.07, 6.45) is 2.20. The average Bonchev–Trinajstić information content (AvgIpc) is 3.75. The third-order valence-corrected chi connectivity index (χ3v) is 11.1. The van der Waals surface area contributed by atoms with Crippen molar-refractivity contribution in [3.63, 3.8) is 0 Å². The van der Waals surface area contributed by atoms with Crippen LogP contribution in [0.4, 0.5) is 0 Å². The molecule has 3 nitrogen and oxygen atoms in total. The predicted octanol–water partition coefficient (Wildman–Crippen LogP) is 11.1. The molecule has 0 radical (unpaired) electrons. The molecule has 2 aromatic heterocycles. The van der Waals surface area contributed by atoms with E-state index < -0.39 is 10.8 Å². The predicted molar refractivity (Wildman–Crippen MR) is 218 cm³/mol. The number of pyridine rings is 1. The summed E-state index contributed by atoms with van der Waals surface area (Å²) >= 11 is 0. The largest absolute Gasteiger partial charge is 2.00 e. The fourth-order valence-corrected chi connectivity index (χ4v) is 8.61. The van der Waals surface area contributed by atoms with E-state index >= 15 is 0 Å². The Labute approximate surface area is 339 Å². The molecular formula is C51H41N3Pt. The Bertz CT molecular complexity index is 2450. The normalized spacial score (nSPS) is 13.1. The third kappa shape index (κ3) is 5.76. The van der Waals surface area contributed by atoms with Gasteiger partial charge in [0, 0.05) is 13.2 Å². The van der Waals surface area contributed by atoms with Crippen LogP contribution < -0.4 is 0 Å². The van der Waals surface area contributed by atoms with Crippen LogP contribution in [-0.2, 0) is 44.4 Å². The molecule has 0 amide bonds. The fourth-order valence-electron chi connectivity index (χ4n) is 8.61. The first kappa shape index (κ1) is 36.3. The van der Waals surface area contributed by atoms with Crippen molar-refractivity contribution in [2.75, 3.05) is 0 Å². The summed E-state index contributed by atoms with van der Waals surface area (Å²) in [7, 11) is 2.08. The van der Waals surface area contributed by atoms with Gasteiger partial charge >= 0.3 is 21.1 Å². The first-order valence-electron chi connectivity index (χ1n) is 18.6. The second kappa shape index (κ2) is 14.2. The molecule has 55 heavy (non-hydrogen) atoms. The minimum absolute atomic E-state index is 0. The summed E-state index contributed by atoms with van der Waals surface area (Å²) in [5.41, 5.74) is 11.2. The van der Waals surface area contributed by atoms with Gasteiger partial charge in [0.1, 0.15) is 5.41 Å². The van der Waals surface area contributed by atoms with Gasteiger partial charge in [0.25, 0.3) is 0 Å². The van der Waals surface area contributed by atoms with Crippen LogP contribution in [0.15, 0.2) is 176 Å². The number of imidazole rings is 1. The molecule has 0 aliphatic heterocycles. The van der Waals surface area contributed by atoms with Gasteiger partial charge in [0.05, 0.1) is 28.3 Å². The first-order valence-corrected chi connectivity index (χ1v) is 18.6. The van der Waals surface area contributed by atoms with Crippen molar-refractivity contribution in [2.24, 2.45) is 7.05 Å². The molecule has 8 aromatic rings. The van der Waals surface area contributed by atoms with Crippen LogP contribution in [-0.4, -0.2) is 14.5 Å². The molecule has 2 heterocycles.